The molecule has 1 aromatic rings. The maximum Gasteiger partial charge on any atom is 0.126 e. The molecule has 0 radical (unpaired) electrons. The van der Waals surface area contributed by atoms with Crippen molar-refractivity contribution in [2.24, 2.45) is 0 Å². The zero-order valence-electron chi connectivity index (χ0n) is 8.39. The Labute approximate surface area is 83.2 Å². The van der Waals surface area contributed by atoms with Gasteiger partial charge in [0.2, 0.25) is 0 Å². The minimum atomic E-state index is -0.378. The molecular formula is C12H12FN. The Kier molecular flexibility index (Phi) is 1.85. The Morgan fingerprint density at radius 2 is 2.00 bits per heavy atom. The first-order valence-corrected chi connectivity index (χ1v) is 4.77. The van der Waals surface area contributed by atoms with Gasteiger partial charge in [0.25, 0.3) is 0 Å². The van der Waals surface area contributed by atoms with Gasteiger partial charge in [-0.15, -0.1) is 0 Å². The van der Waals surface area contributed by atoms with Gasteiger partial charge in [0.05, 0.1) is 11.5 Å². The van der Waals surface area contributed by atoms with Gasteiger partial charge in [-0.3, -0.25) is 0 Å². The van der Waals surface area contributed by atoms with Gasteiger partial charge >= 0.3 is 0 Å². The highest BCUT2D eigenvalue weighted by atomic mass is 19.1. The normalized spacial score (nSPS) is 17.6. The molecule has 0 unspecified atom stereocenters. The molecule has 1 fully saturated rings. The summed E-state index contributed by atoms with van der Waals surface area (Å²) in [6.45, 7) is 3.61. The Bertz CT molecular complexity index is 425. The minimum Gasteiger partial charge on any atom is -0.207 e. The third kappa shape index (κ3) is 1.21. The lowest BCUT2D eigenvalue weighted by atomic mass is 9.91. The largest absolute Gasteiger partial charge is 0.207 e. The van der Waals surface area contributed by atoms with Crippen molar-refractivity contribution in [1.82, 2.24) is 0 Å². The van der Waals surface area contributed by atoms with Gasteiger partial charge in [-0.25, -0.2) is 4.39 Å². The average molecular weight is 189 g/mol. The van der Waals surface area contributed by atoms with E-state index >= 15 is 0 Å². The number of rotatable bonds is 1. The molecule has 14 heavy (non-hydrogen) atoms. The quantitative estimate of drug-likeness (QED) is 0.666. The first kappa shape index (κ1) is 9.21. The minimum absolute atomic E-state index is 0.193. The highest BCUT2D eigenvalue weighted by Crippen LogP contribution is 2.49. The van der Waals surface area contributed by atoms with E-state index in [2.05, 4.69) is 6.07 Å². The van der Waals surface area contributed by atoms with E-state index < -0.39 is 0 Å². The van der Waals surface area contributed by atoms with E-state index in [1.165, 1.54) is 6.07 Å². The average Bonchev–Trinajstić information content (AvgIpc) is 2.92. The van der Waals surface area contributed by atoms with Gasteiger partial charge < -0.3 is 0 Å². The summed E-state index contributed by atoms with van der Waals surface area (Å²) in [6, 6.07) is 5.76. The number of aryl methyl sites for hydroxylation is 1. The summed E-state index contributed by atoms with van der Waals surface area (Å²) >= 11 is 0. The monoisotopic (exact) mass is 189 g/mol. The van der Waals surface area contributed by atoms with Crippen molar-refractivity contribution in [1.29, 1.82) is 5.26 Å². The molecule has 72 valence electrons. The van der Waals surface area contributed by atoms with Crippen LogP contribution in [0.2, 0.25) is 0 Å². The number of nitriles is 1. The summed E-state index contributed by atoms with van der Waals surface area (Å²) in [5.41, 5.74) is 2.04. The van der Waals surface area contributed by atoms with Crippen molar-refractivity contribution >= 4 is 0 Å². The molecule has 1 aliphatic rings. The zero-order valence-corrected chi connectivity index (χ0v) is 8.39. The molecule has 1 nitrogen and oxygen atoms in total. The fraction of sp³-hybridized carbons (Fsp3) is 0.417. The first-order valence-electron chi connectivity index (χ1n) is 4.77. The SMILES string of the molecule is Cc1cc(F)c(C)c(C2(C#N)CC2)c1. The number of hydrogen-bond donors (Lipinski definition) is 0. The topological polar surface area (TPSA) is 23.8 Å². The predicted octanol–water partition coefficient (Wildman–Crippen LogP) is 3.00. The third-order valence-electron chi connectivity index (χ3n) is 2.97. The van der Waals surface area contributed by atoms with E-state index in [1.807, 2.05) is 13.0 Å². The van der Waals surface area contributed by atoms with Crippen LogP contribution >= 0.6 is 0 Å². The second-order valence-electron chi connectivity index (χ2n) is 4.11. The van der Waals surface area contributed by atoms with Crippen LogP contribution in [0.25, 0.3) is 0 Å². The van der Waals surface area contributed by atoms with Crippen LogP contribution in [0.15, 0.2) is 12.1 Å². The number of benzene rings is 1. The molecule has 0 amide bonds. The second-order valence-corrected chi connectivity index (χ2v) is 4.11. The van der Waals surface area contributed by atoms with E-state index in [-0.39, 0.29) is 11.2 Å². The third-order valence-corrected chi connectivity index (χ3v) is 2.97. The molecule has 0 aromatic heterocycles. The van der Waals surface area contributed by atoms with Gasteiger partial charge in [-0.1, -0.05) is 6.07 Å². The fourth-order valence-electron chi connectivity index (χ4n) is 1.88. The maximum atomic E-state index is 13.4. The van der Waals surface area contributed by atoms with Gasteiger partial charge in [0.1, 0.15) is 5.82 Å². The van der Waals surface area contributed by atoms with Crippen LogP contribution in [0.4, 0.5) is 4.39 Å². The lowest BCUT2D eigenvalue weighted by molar-refractivity contribution is 0.611. The van der Waals surface area contributed by atoms with E-state index in [9.17, 15) is 4.39 Å². The number of halogens is 1. The molecule has 1 aliphatic carbocycles. The van der Waals surface area contributed by atoms with Crippen LogP contribution < -0.4 is 0 Å². The summed E-state index contributed by atoms with van der Waals surface area (Å²) in [7, 11) is 0. The van der Waals surface area contributed by atoms with Gasteiger partial charge in [0.15, 0.2) is 0 Å². The molecule has 2 heteroatoms. The van der Waals surface area contributed by atoms with Gasteiger partial charge in [-0.2, -0.15) is 5.26 Å². The molecule has 0 aliphatic heterocycles. The smallest absolute Gasteiger partial charge is 0.126 e. The van der Waals surface area contributed by atoms with Crippen molar-refractivity contribution in [3.63, 3.8) is 0 Å². The zero-order chi connectivity index (χ0) is 10.3. The molecule has 0 atom stereocenters. The molecule has 0 N–H and O–H groups in total. The predicted molar refractivity (Wildman–Crippen MR) is 52.4 cm³/mol. The fourth-order valence-corrected chi connectivity index (χ4v) is 1.88. The van der Waals surface area contributed by atoms with Crippen LogP contribution in [0.3, 0.4) is 0 Å². The number of nitrogens with zero attached hydrogens (tertiary/aromatic N) is 1. The molecule has 1 aromatic carbocycles. The van der Waals surface area contributed by atoms with E-state index in [4.69, 9.17) is 5.26 Å². The van der Waals surface area contributed by atoms with Crippen molar-refractivity contribution in [2.75, 3.05) is 0 Å². The summed E-state index contributed by atoms with van der Waals surface area (Å²) < 4.78 is 13.4. The molecule has 0 bridgehead atoms. The van der Waals surface area contributed by atoms with Crippen molar-refractivity contribution in [2.45, 2.75) is 32.1 Å². The van der Waals surface area contributed by atoms with Crippen LogP contribution in [0, 0.1) is 31.0 Å². The lowest BCUT2D eigenvalue weighted by Gasteiger charge is -2.12. The first-order chi connectivity index (χ1) is 6.59. The summed E-state index contributed by atoms with van der Waals surface area (Å²) in [4.78, 5) is 0. The molecule has 0 spiro atoms. The van der Waals surface area contributed by atoms with Crippen molar-refractivity contribution in [3.8, 4) is 6.07 Å². The summed E-state index contributed by atoms with van der Waals surface area (Å²) in [6.07, 6.45) is 1.74. The Morgan fingerprint density at radius 1 is 1.36 bits per heavy atom. The van der Waals surface area contributed by atoms with E-state index in [0.29, 0.717) is 5.56 Å². The van der Waals surface area contributed by atoms with E-state index in [1.54, 1.807) is 6.92 Å². The van der Waals surface area contributed by atoms with Gasteiger partial charge in [0, 0.05) is 0 Å². The van der Waals surface area contributed by atoms with Crippen molar-refractivity contribution in [3.05, 3.63) is 34.6 Å². The molecule has 0 heterocycles. The highest BCUT2D eigenvalue weighted by molar-refractivity contribution is 5.45. The van der Waals surface area contributed by atoms with Crippen LogP contribution in [-0.4, -0.2) is 0 Å². The van der Waals surface area contributed by atoms with Gasteiger partial charge in [-0.05, 0) is 49.4 Å². The molecule has 0 saturated heterocycles. The Hall–Kier alpha value is -1.36. The molecule has 2 rings (SSSR count). The second kappa shape index (κ2) is 2.81. The highest BCUT2D eigenvalue weighted by Gasteiger charge is 2.46. The van der Waals surface area contributed by atoms with Crippen LogP contribution in [0.5, 0.6) is 0 Å². The standard InChI is InChI=1S/C12H12FN/c1-8-5-10(9(2)11(13)6-8)12(7-14)3-4-12/h5-6H,3-4H2,1-2H3. The van der Waals surface area contributed by atoms with Crippen LogP contribution in [-0.2, 0) is 5.41 Å². The van der Waals surface area contributed by atoms with Crippen molar-refractivity contribution < 1.29 is 4.39 Å². The maximum absolute atomic E-state index is 13.4. The summed E-state index contributed by atoms with van der Waals surface area (Å²) in [5, 5.41) is 9.04. The molecular weight excluding hydrogens is 177 g/mol. The van der Waals surface area contributed by atoms with E-state index in [0.717, 1.165) is 24.0 Å². The molecule has 1 saturated carbocycles. The Balaban J connectivity index is 2.59. The Morgan fingerprint density at radius 3 is 2.50 bits per heavy atom. The lowest BCUT2D eigenvalue weighted by Crippen LogP contribution is -2.07. The van der Waals surface area contributed by atoms with Crippen LogP contribution in [0.1, 0.15) is 29.5 Å². The number of hydrogen-bond acceptors (Lipinski definition) is 1. The summed E-state index contributed by atoms with van der Waals surface area (Å²) in [5.74, 6) is -0.193.